The Morgan fingerprint density at radius 3 is 2.44 bits per heavy atom. The molecule has 0 unspecified atom stereocenters. The summed E-state index contributed by atoms with van der Waals surface area (Å²) >= 11 is 0. The molecule has 0 saturated heterocycles. The summed E-state index contributed by atoms with van der Waals surface area (Å²) in [5.74, 6) is -0.166. The maximum atomic E-state index is 11.8. The van der Waals surface area contributed by atoms with Gasteiger partial charge < -0.3 is 10.5 Å². The second-order valence-corrected chi connectivity index (χ2v) is 7.05. The third-order valence-electron chi connectivity index (χ3n) is 3.48. The van der Waals surface area contributed by atoms with Crippen molar-refractivity contribution in [3.63, 3.8) is 0 Å². The summed E-state index contributed by atoms with van der Waals surface area (Å²) in [6.45, 7) is 2.69. The Bertz CT molecular complexity index is 514. The van der Waals surface area contributed by atoms with Crippen LogP contribution in [0, 0.1) is 0 Å². The van der Waals surface area contributed by atoms with Gasteiger partial charge in [-0.1, -0.05) is 30.3 Å². The van der Waals surface area contributed by atoms with Crippen LogP contribution in [0.2, 0.25) is 0 Å². The van der Waals surface area contributed by atoms with Gasteiger partial charge in [-0.3, -0.25) is 0 Å². The molecule has 100 valence electrons. The Morgan fingerprint density at radius 1 is 1.33 bits per heavy atom. The molecular weight excluding hydrogens is 250 g/mol. The van der Waals surface area contributed by atoms with Crippen LogP contribution in [0.25, 0.3) is 0 Å². The normalized spacial score (nSPS) is 31.3. The molecule has 1 aromatic rings. The number of nitrogens with two attached hydrogens (primary N) is 1. The predicted molar refractivity (Wildman–Crippen MR) is 71.2 cm³/mol. The molecule has 0 aromatic heterocycles. The van der Waals surface area contributed by atoms with E-state index >= 15 is 0 Å². The zero-order valence-corrected chi connectivity index (χ0v) is 11.5. The molecule has 0 aliphatic heterocycles. The van der Waals surface area contributed by atoms with Crippen LogP contribution < -0.4 is 5.73 Å². The summed E-state index contributed by atoms with van der Waals surface area (Å²) in [6.07, 6.45) is 1.24. The minimum absolute atomic E-state index is 0.166. The van der Waals surface area contributed by atoms with Gasteiger partial charge in [0, 0.05) is 18.8 Å². The number of hydrogen-bond acceptors (Lipinski definition) is 4. The van der Waals surface area contributed by atoms with Crippen molar-refractivity contribution in [3.05, 3.63) is 35.9 Å². The summed E-state index contributed by atoms with van der Waals surface area (Å²) in [5, 5.41) is -0.543. The maximum Gasteiger partial charge on any atom is 0.152 e. The molecule has 0 amide bonds. The molecular formula is C13H19NO3S. The molecule has 1 aliphatic carbocycles. The van der Waals surface area contributed by atoms with Gasteiger partial charge in [0.15, 0.2) is 9.84 Å². The van der Waals surface area contributed by atoms with Gasteiger partial charge in [0.2, 0.25) is 0 Å². The highest BCUT2D eigenvalue weighted by atomic mass is 32.2. The summed E-state index contributed by atoms with van der Waals surface area (Å²) < 4.78 is 29.0. The monoisotopic (exact) mass is 269 g/mol. The van der Waals surface area contributed by atoms with E-state index in [1.165, 1.54) is 6.26 Å². The minimum Gasteiger partial charge on any atom is -0.380 e. The van der Waals surface area contributed by atoms with Gasteiger partial charge in [-0.15, -0.1) is 0 Å². The number of ether oxygens (including phenoxy) is 1. The summed E-state index contributed by atoms with van der Waals surface area (Å²) in [7, 11) is -3.17. The molecule has 2 rings (SSSR count). The van der Waals surface area contributed by atoms with Gasteiger partial charge in [-0.2, -0.15) is 0 Å². The average molecular weight is 269 g/mol. The van der Waals surface area contributed by atoms with Gasteiger partial charge in [0.1, 0.15) is 0 Å². The van der Waals surface area contributed by atoms with Gasteiger partial charge in [-0.25, -0.2) is 8.42 Å². The van der Waals surface area contributed by atoms with Crippen molar-refractivity contribution < 1.29 is 13.2 Å². The highest BCUT2D eigenvalue weighted by Crippen LogP contribution is 2.53. The minimum atomic E-state index is -3.17. The summed E-state index contributed by atoms with van der Waals surface area (Å²) in [6, 6.07) is 9.54. The van der Waals surface area contributed by atoms with Crippen LogP contribution >= 0.6 is 0 Å². The van der Waals surface area contributed by atoms with E-state index in [9.17, 15) is 8.42 Å². The lowest BCUT2D eigenvalue weighted by molar-refractivity contribution is 0.125. The second-order valence-electron chi connectivity index (χ2n) is 4.89. The second kappa shape index (κ2) is 4.64. The summed E-state index contributed by atoms with van der Waals surface area (Å²) in [5.41, 5.74) is 6.42. The fourth-order valence-electron chi connectivity index (χ4n) is 2.66. The molecule has 1 aliphatic rings. The predicted octanol–water partition coefficient (Wildman–Crippen LogP) is 0.931. The zero-order chi connectivity index (χ0) is 13.4. The lowest BCUT2D eigenvalue weighted by atomic mass is 10.1. The molecule has 5 heteroatoms. The van der Waals surface area contributed by atoms with Crippen LogP contribution in [0.5, 0.6) is 0 Å². The lowest BCUT2D eigenvalue weighted by Crippen LogP contribution is -2.36. The highest BCUT2D eigenvalue weighted by molar-refractivity contribution is 7.91. The van der Waals surface area contributed by atoms with Crippen LogP contribution in [0.4, 0.5) is 0 Å². The van der Waals surface area contributed by atoms with Crippen molar-refractivity contribution in [2.24, 2.45) is 5.73 Å². The number of hydrogen-bond donors (Lipinski definition) is 1. The van der Waals surface area contributed by atoms with Crippen molar-refractivity contribution in [2.45, 2.75) is 23.6 Å². The van der Waals surface area contributed by atoms with Gasteiger partial charge in [-0.05, 0) is 12.5 Å². The van der Waals surface area contributed by atoms with Gasteiger partial charge in [0.25, 0.3) is 0 Å². The molecule has 0 radical (unpaired) electrons. The van der Waals surface area contributed by atoms with Crippen LogP contribution in [0.1, 0.15) is 18.4 Å². The fourth-order valence-corrected chi connectivity index (χ4v) is 4.50. The maximum absolute atomic E-state index is 11.8. The summed E-state index contributed by atoms with van der Waals surface area (Å²) in [4.78, 5) is 0. The van der Waals surface area contributed by atoms with Crippen molar-refractivity contribution in [2.75, 3.05) is 19.5 Å². The van der Waals surface area contributed by atoms with E-state index in [0.29, 0.717) is 6.61 Å². The standard InChI is InChI=1S/C13H19NO3S/c1-3-17-9-13(14)11(12(13)18(2,15)16)10-7-5-4-6-8-10/h4-8,11-12H,3,9,14H2,1-2H3/t11-,12-,13+/m1/s1. The first-order chi connectivity index (χ1) is 8.41. The molecule has 2 N–H and O–H groups in total. The van der Waals surface area contributed by atoms with Crippen LogP contribution in [0.15, 0.2) is 30.3 Å². The van der Waals surface area contributed by atoms with E-state index in [1.54, 1.807) is 0 Å². The first-order valence-electron chi connectivity index (χ1n) is 6.01. The van der Waals surface area contributed by atoms with E-state index in [4.69, 9.17) is 10.5 Å². The number of rotatable bonds is 5. The number of sulfone groups is 1. The Morgan fingerprint density at radius 2 is 1.94 bits per heavy atom. The Kier molecular flexibility index (Phi) is 3.49. The van der Waals surface area contributed by atoms with E-state index in [2.05, 4.69) is 0 Å². The molecule has 3 atom stereocenters. The van der Waals surface area contributed by atoms with Gasteiger partial charge >= 0.3 is 0 Å². The zero-order valence-electron chi connectivity index (χ0n) is 10.7. The first kappa shape index (κ1) is 13.5. The molecule has 0 bridgehead atoms. The SMILES string of the molecule is CCOC[C@]1(N)[C@H](c2ccccc2)[C@H]1S(C)(=O)=O. The molecule has 4 nitrogen and oxygen atoms in total. The van der Waals surface area contributed by atoms with Crippen molar-refractivity contribution in [3.8, 4) is 0 Å². The topological polar surface area (TPSA) is 69.4 Å². The lowest BCUT2D eigenvalue weighted by Gasteiger charge is -2.11. The Labute approximate surface area is 108 Å². The van der Waals surface area contributed by atoms with Gasteiger partial charge in [0.05, 0.1) is 17.4 Å². The van der Waals surface area contributed by atoms with E-state index in [1.807, 2.05) is 37.3 Å². The molecule has 1 fully saturated rings. The van der Waals surface area contributed by atoms with Crippen LogP contribution in [-0.4, -0.2) is 38.7 Å². The third-order valence-corrected chi connectivity index (χ3v) is 5.11. The van der Waals surface area contributed by atoms with Crippen molar-refractivity contribution in [1.29, 1.82) is 0 Å². The fraction of sp³-hybridized carbons (Fsp3) is 0.538. The quantitative estimate of drug-likeness (QED) is 0.863. The Hall–Kier alpha value is -0.910. The molecule has 0 heterocycles. The van der Waals surface area contributed by atoms with Crippen molar-refractivity contribution >= 4 is 9.84 Å². The third kappa shape index (κ3) is 2.30. The van der Waals surface area contributed by atoms with E-state index in [-0.39, 0.29) is 12.5 Å². The smallest absolute Gasteiger partial charge is 0.152 e. The molecule has 1 saturated carbocycles. The van der Waals surface area contributed by atoms with E-state index < -0.39 is 20.6 Å². The first-order valence-corrected chi connectivity index (χ1v) is 7.97. The average Bonchev–Trinajstić information content (AvgIpc) is 2.95. The molecule has 18 heavy (non-hydrogen) atoms. The Balaban J connectivity index is 2.29. The van der Waals surface area contributed by atoms with Crippen LogP contribution in [0.3, 0.4) is 0 Å². The van der Waals surface area contributed by atoms with Crippen molar-refractivity contribution in [1.82, 2.24) is 0 Å². The number of benzene rings is 1. The highest BCUT2D eigenvalue weighted by Gasteiger charge is 2.67. The van der Waals surface area contributed by atoms with Crippen LogP contribution in [-0.2, 0) is 14.6 Å². The van der Waals surface area contributed by atoms with E-state index in [0.717, 1.165) is 5.56 Å². The largest absolute Gasteiger partial charge is 0.380 e. The molecule has 0 spiro atoms. The molecule has 1 aromatic carbocycles.